The summed E-state index contributed by atoms with van der Waals surface area (Å²) < 4.78 is 3.32. The van der Waals surface area contributed by atoms with E-state index in [2.05, 4.69) is 20.4 Å². The lowest BCUT2D eigenvalue weighted by Crippen LogP contribution is -2.38. The van der Waals surface area contributed by atoms with Crippen LogP contribution < -0.4 is 10.9 Å². The van der Waals surface area contributed by atoms with E-state index in [0.29, 0.717) is 22.5 Å². The summed E-state index contributed by atoms with van der Waals surface area (Å²) in [7, 11) is 1.66. The maximum Gasteiger partial charge on any atom is 0.260 e. The molecule has 1 fully saturated rings. The van der Waals surface area contributed by atoms with Crippen LogP contribution in [0.5, 0.6) is 0 Å². The summed E-state index contributed by atoms with van der Waals surface area (Å²) in [6, 6.07) is 5.53. The summed E-state index contributed by atoms with van der Waals surface area (Å²) in [5, 5.41) is 7.81. The molecule has 2 heterocycles. The molecule has 3 aromatic rings. The Morgan fingerprint density at radius 2 is 2.00 bits per heavy atom. The van der Waals surface area contributed by atoms with Gasteiger partial charge >= 0.3 is 0 Å². The summed E-state index contributed by atoms with van der Waals surface area (Å²) in [4.78, 5) is 32.9. The maximum atomic E-state index is 12.6. The fourth-order valence-electron chi connectivity index (χ4n) is 3.51. The number of hydrogen-bond acceptors (Lipinski definition) is 5. The van der Waals surface area contributed by atoms with Crippen LogP contribution in [-0.4, -0.2) is 36.3 Å². The lowest BCUT2D eigenvalue weighted by atomic mass is 9.91. The molecule has 0 unspecified atom stereocenters. The third kappa shape index (κ3) is 3.10. The van der Waals surface area contributed by atoms with E-state index in [1.54, 1.807) is 37.9 Å². The number of hydrogen-bond donors (Lipinski definition) is 1. The lowest BCUT2D eigenvalue weighted by molar-refractivity contribution is 0.0922. The summed E-state index contributed by atoms with van der Waals surface area (Å²) in [5.74, 6) is -0.126. The van der Waals surface area contributed by atoms with E-state index in [4.69, 9.17) is 0 Å². The molecule has 1 aliphatic rings. The van der Waals surface area contributed by atoms with Crippen LogP contribution in [-0.2, 0) is 7.05 Å². The minimum Gasteiger partial charge on any atom is -0.349 e. The van der Waals surface area contributed by atoms with Gasteiger partial charge in [-0.2, -0.15) is 5.10 Å². The van der Waals surface area contributed by atoms with Crippen LogP contribution in [0.1, 0.15) is 42.1 Å². The largest absolute Gasteiger partial charge is 0.349 e. The number of aromatic nitrogens is 5. The fourth-order valence-corrected chi connectivity index (χ4v) is 3.51. The number of benzene rings is 1. The normalized spacial score (nSPS) is 20.2. The second-order valence-electron chi connectivity index (χ2n) is 6.75. The lowest BCUT2D eigenvalue weighted by Gasteiger charge is -2.29. The van der Waals surface area contributed by atoms with Gasteiger partial charge in [0.2, 0.25) is 0 Å². The van der Waals surface area contributed by atoms with Gasteiger partial charge in [-0.05, 0) is 43.9 Å². The molecular weight excluding hydrogens is 332 g/mol. The number of nitrogens with one attached hydrogen (secondary N) is 1. The van der Waals surface area contributed by atoms with Crippen molar-refractivity contribution in [1.29, 1.82) is 0 Å². The fraction of sp³-hybridized carbons (Fsp3) is 0.389. The molecule has 2 aromatic heterocycles. The van der Waals surface area contributed by atoms with Gasteiger partial charge in [-0.3, -0.25) is 9.59 Å². The van der Waals surface area contributed by atoms with Crippen molar-refractivity contribution >= 4 is 16.8 Å². The summed E-state index contributed by atoms with van der Waals surface area (Å²) in [6.07, 6.45) is 8.50. The highest BCUT2D eigenvalue weighted by Gasteiger charge is 2.24. The van der Waals surface area contributed by atoms with Gasteiger partial charge < -0.3 is 9.88 Å². The first-order valence-electron chi connectivity index (χ1n) is 8.72. The standard InChI is InChI=1S/C18H20N6O2/c1-23-11-20-16-8-12(2-7-15(16)18(23)26)17(25)22-13-3-5-14(6-4-13)24-10-19-9-21-24/h2,7-11,13-14H,3-6H2,1H3,(H,22,25). The molecule has 1 aliphatic carbocycles. The van der Waals surface area contributed by atoms with E-state index in [0.717, 1.165) is 25.7 Å². The quantitative estimate of drug-likeness (QED) is 0.770. The molecule has 0 bridgehead atoms. The smallest absolute Gasteiger partial charge is 0.260 e. The van der Waals surface area contributed by atoms with E-state index in [9.17, 15) is 9.59 Å². The van der Waals surface area contributed by atoms with Crippen LogP contribution in [0.4, 0.5) is 0 Å². The third-order valence-corrected chi connectivity index (χ3v) is 5.02. The number of nitrogens with zero attached hydrogens (tertiary/aromatic N) is 5. The summed E-state index contributed by atoms with van der Waals surface area (Å²) >= 11 is 0. The Hall–Kier alpha value is -3.03. The van der Waals surface area contributed by atoms with Gasteiger partial charge in [0.25, 0.3) is 11.5 Å². The minimum atomic E-state index is -0.126. The van der Waals surface area contributed by atoms with Crippen molar-refractivity contribution in [3.8, 4) is 0 Å². The second kappa shape index (κ2) is 6.70. The van der Waals surface area contributed by atoms with Gasteiger partial charge in [0.05, 0.1) is 23.3 Å². The van der Waals surface area contributed by atoms with Gasteiger partial charge in [-0.15, -0.1) is 0 Å². The van der Waals surface area contributed by atoms with Gasteiger partial charge in [0.15, 0.2) is 0 Å². The summed E-state index contributed by atoms with van der Waals surface area (Å²) in [6.45, 7) is 0. The van der Waals surface area contributed by atoms with Gasteiger partial charge in [-0.25, -0.2) is 14.6 Å². The van der Waals surface area contributed by atoms with E-state index in [-0.39, 0.29) is 17.5 Å². The van der Waals surface area contributed by atoms with Crippen molar-refractivity contribution in [2.24, 2.45) is 7.05 Å². The van der Waals surface area contributed by atoms with E-state index < -0.39 is 0 Å². The molecule has 1 N–H and O–H groups in total. The number of aryl methyl sites for hydroxylation is 1. The van der Waals surface area contributed by atoms with Crippen LogP contribution in [0.2, 0.25) is 0 Å². The Labute approximate surface area is 149 Å². The maximum absolute atomic E-state index is 12.6. The van der Waals surface area contributed by atoms with Gasteiger partial charge in [0.1, 0.15) is 12.7 Å². The Balaban J connectivity index is 1.43. The Morgan fingerprint density at radius 1 is 1.19 bits per heavy atom. The van der Waals surface area contributed by atoms with Gasteiger partial charge in [0, 0.05) is 18.7 Å². The van der Waals surface area contributed by atoms with Crippen LogP contribution in [0.3, 0.4) is 0 Å². The predicted molar refractivity (Wildman–Crippen MR) is 95.8 cm³/mol. The van der Waals surface area contributed by atoms with E-state index in [1.807, 2.05) is 4.68 Å². The average Bonchev–Trinajstić information content (AvgIpc) is 3.20. The monoisotopic (exact) mass is 352 g/mol. The molecule has 1 aromatic carbocycles. The highest BCUT2D eigenvalue weighted by atomic mass is 16.1. The average molecular weight is 352 g/mol. The van der Waals surface area contributed by atoms with Crippen LogP contribution >= 0.6 is 0 Å². The molecule has 0 saturated heterocycles. The van der Waals surface area contributed by atoms with Crippen molar-refractivity contribution in [3.05, 3.63) is 53.1 Å². The SMILES string of the molecule is Cn1cnc2cc(C(=O)NC3CCC(n4cncn4)CC3)ccc2c1=O. The highest BCUT2D eigenvalue weighted by Crippen LogP contribution is 2.27. The Morgan fingerprint density at radius 3 is 2.73 bits per heavy atom. The molecule has 0 aliphatic heterocycles. The van der Waals surface area contributed by atoms with Crippen molar-refractivity contribution in [2.75, 3.05) is 0 Å². The molecule has 1 saturated carbocycles. The van der Waals surface area contributed by atoms with Crippen LogP contribution in [0, 0.1) is 0 Å². The number of fused-ring (bicyclic) bond motifs is 1. The molecule has 8 nitrogen and oxygen atoms in total. The van der Waals surface area contributed by atoms with Crippen molar-refractivity contribution in [1.82, 2.24) is 29.6 Å². The van der Waals surface area contributed by atoms with Crippen LogP contribution in [0.25, 0.3) is 10.9 Å². The van der Waals surface area contributed by atoms with Crippen LogP contribution in [0.15, 0.2) is 42.0 Å². The van der Waals surface area contributed by atoms with E-state index in [1.165, 1.54) is 10.9 Å². The van der Waals surface area contributed by atoms with Gasteiger partial charge in [-0.1, -0.05) is 0 Å². The van der Waals surface area contributed by atoms with Crippen molar-refractivity contribution in [3.63, 3.8) is 0 Å². The molecule has 4 rings (SSSR count). The topological polar surface area (TPSA) is 94.7 Å². The van der Waals surface area contributed by atoms with Crippen molar-refractivity contribution < 1.29 is 4.79 Å². The number of carbonyl (C=O) groups excluding carboxylic acids is 1. The number of carbonyl (C=O) groups is 1. The van der Waals surface area contributed by atoms with Crippen molar-refractivity contribution in [2.45, 2.75) is 37.8 Å². The molecule has 134 valence electrons. The Bertz CT molecular complexity index is 987. The zero-order valence-corrected chi connectivity index (χ0v) is 14.5. The highest BCUT2D eigenvalue weighted by molar-refractivity contribution is 5.97. The predicted octanol–water partition coefficient (Wildman–Crippen LogP) is 1.44. The minimum absolute atomic E-state index is 0.117. The molecule has 0 atom stereocenters. The molecule has 8 heteroatoms. The number of rotatable bonds is 3. The third-order valence-electron chi connectivity index (χ3n) is 5.02. The zero-order chi connectivity index (χ0) is 18.1. The summed E-state index contributed by atoms with van der Waals surface area (Å²) in [5.41, 5.74) is 0.945. The molecule has 26 heavy (non-hydrogen) atoms. The van der Waals surface area contributed by atoms with E-state index >= 15 is 0 Å². The molecular formula is C18H20N6O2. The first kappa shape index (κ1) is 16.4. The molecule has 0 radical (unpaired) electrons. The molecule has 1 amide bonds. The number of amides is 1. The zero-order valence-electron chi connectivity index (χ0n) is 14.5. The first-order valence-corrected chi connectivity index (χ1v) is 8.72. The molecule has 0 spiro atoms. The second-order valence-corrected chi connectivity index (χ2v) is 6.75. The first-order chi connectivity index (χ1) is 12.6. The Kier molecular flexibility index (Phi) is 4.24.